The van der Waals surface area contributed by atoms with Crippen LogP contribution in [0.1, 0.15) is 43.2 Å². The second-order valence-corrected chi connectivity index (χ2v) is 11.7. The Labute approximate surface area is 208 Å². The Balaban J connectivity index is 1.74. The molecular formula is C26H35ClN2O4S. The van der Waals surface area contributed by atoms with E-state index in [1.165, 1.54) is 6.26 Å². The van der Waals surface area contributed by atoms with E-state index in [2.05, 4.69) is 6.07 Å². The van der Waals surface area contributed by atoms with Crippen LogP contribution in [0.3, 0.4) is 0 Å². The van der Waals surface area contributed by atoms with E-state index in [0.29, 0.717) is 42.5 Å². The van der Waals surface area contributed by atoms with Crippen LogP contribution in [0.15, 0.2) is 53.4 Å². The lowest BCUT2D eigenvalue weighted by Crippen LogP contribution is -2.48. The molecule has 1 amide bonds. The maximum Gasteiger partial charge on any atom is 0.225 e. The topological polar surface area (TPSA) is 89.7 Å². The summed E-state index contributed by atoms with van der Waals surface area (Å²) in [7, 11) is -1.68. The Kier molecular flexibility index (Phi) is 9.15. The van der Waals surface area contributed by atoms with Crippen LogP contribution < -0.4 is 5.73 Å². The number of carbonyl (C=O) groups excluding carboxylic acids is 1. The molecule has 2 N–H and O–H groups in total. The number of nitrogens with two attached hydrogens (primary N) is 1. The maximum atomic E-state index is 13.1. The fourth-order valence-electron chi connectivity index (χ4n) is 4.92. The van der Waals surface area contributed by atoms with Gasteiger partial charge in [0.15, 0.2) is 9.84 Å². The van der Waals surface area contributed by atoms with E-state index in [4.69, 9.17) is 22.1 Å². The van der Waals surface area contributed by atoms with Gasteiger partial charge in [0.25, 0.3) is 0 Å². The Morgan fingerprint density at radius 2 is 1.88 bits per heavy atom. The first-order valence-electron chi connectivity index (χ1n) is 11.7. The van der Waals surface area contributed by atoms with Gasteiger partial charge in [-0.05, 0) is 67.5 Å². The van der Waals surface area contributed by atoms with Gasteiger partial charge in [-0.15, -0.1) is 0 Å². The van der Waals surface area contributed by atoms with Crippen molar-refractivity contribution in [2.75, 3.05) is 33.1 Å². The average molecular weight is 507 g/mol. The van der Waals surface area contributed by atoms with E-state index in [-0.39, 0.29) is 17.4 Å². The predicted octanol–water partition coefficient (Wildman–Crippen LogP) is 3.99. The van der Waals surface area contributed by atoms with Crippen LogP contribution in [0.2, 0.25) is 5.02 Å². The van der Waals surface area contributed by atoms with Gasteiger partial charge >= 0.3 is 0 Å². The molecule has 0 unspecified atom stereocenters. The number of rotatable bonds is 10. The summed E-state index contributed by atoms with van der Waals surface area (Å²) in [6.45, 7) is 1.45. The van der Waals surface area contributed by atoms with E-state index < -0.39 is 9.84 Å². The molecule has 0 radical (unpaired) electrons. The summed E-state index contributed by atoms with van der Waals surface area (Å²) < 4.78 is 29.0. The van der Waals surface area contributed by atoms with E-state index in [1.807, 2.05) is 29.2 Å². The summed E-state index contributed by atoms with van der Waals surface area (Å²) in [5.74, 6) is 0.0640. The molecule has 0 bridgehead atoms. The fraction of sp³-hybridized carbons (Fsp3) is 0.500. The summed E-state index contributed by atoms with van der Waals surface area (Å²) in [5, 5.41) is 0.708. The standard InChI is InChI=1S/C26H35ClN2O4S/c1-33-16-12-25(30)29(15-11-20-5-3-8-24(17-20)34(2,31)32)23-9-13-26(19-28,14-10-23)21-6-4-7-22(27)18-21/h3-8,17-18,23H,9-16,19,28H2,1-2H3. The number of benzene rings is 2. The highest BCUT2D eigenvalue weighted by molar-refractivity contribution is 7.90. The number of carbonyl (C=O) groups is 1. The normalized spacial score (nSPS) is 20.8. The third kappa shape index (κ3) is 6.60. The van der Waals surface area contributed by atoms with Crippen LogP contribution in [-0.2, 0) is 31.2 Å². The summed E-state index contributed by atoms with van der Waals surface area (Å²) >= 11 is 6.25. The zero-order valence-corrected chi connectivity index (χ0v) is 21.6. The number of amides is 1. The number of hydrogen-bond donors (Lipinski definition) is 1. The summed E-state index contributed by atoms with van der Waals surface area (Å²) in [6.07, 6.45) is 5.59. The molecule has 1 aliphatic rings. The largest absolute Gasteiger partial charge is 0.384 e. The number of sulfone groups is 1. The minimum absolute atomic E-state index is 0.0640. The van der Waals surface area contributed by atoms with Gasteiger partial charge in [0.05, 0.1) is 17.9 Å². The molecule has 1 fully saturated rings. The van der Waals surface area contributed by atoms with Crippen molar-refractivity contribution in [3.8, 4) is 0 Å². The van der Waals surface area contributed by atoms with E-state index in [9.17, 15) is 13.2 Å². The second-order valence-electron chi connectivity index (χ2n) is 9.23. The molecule has 3 rings (SSSR count). The molecule has 6 nitrogen and oxygen atoms in total. The number of methoxy groups -OCH3 is 1. The summed E-state index contributed by atoms with van der Waals surface area (Å²) in [6, 6.07) is 15.0. The third-order valence-corrected chi connectivity index (χ3v) is 8.33. The lowest BCUT2D eigenvalue weighted by molar-refractivity contribution is -0.135. The molecular weight excluding hydrogens is 472 g/mol. The number of halogens is 1. The first-order chi connectivity index (χ1) is 16.2. The smallest absolute Gasteiger partial charge is 0.225 e. The van der Waals surface area contributed by atoms with Crippen molar-refractivity contribution in [1.82, 2.24) is 4.90 Å². The Hall–Kier alpha value is -1.93. The fourth-order valence-corrected chi connectivity index (χ4v) is 5.80. The van der Waals surface area contributed by atoms with E-state index >= 15 is 0 Å². The van der Waals surface area contributed by atoms with Crippen LogP contribution in [0, 0.1) is 0 Å². The highest BCUT2D eigenvalue weighted by atomic mass is 35.5. The quantitative estimate of drug-likeness (QED) is 0.526. The SMILES string of the molecule is COCCC(=O)N(CCc1cccc(S(C)(=O)=O)c1)C1CCC(CN)(c2cccc(Cl)c2)CC1. The van der Waals surface area contributed by atoms with Crippen molar-refractivity contribution >= 4 is 27.3 Å². The first-order valence-corrected chi connectivity index (χ1v) is 14.0. The maximum absolute atomic E-state index is 13.1. The van der Waals surface area contributed by atoms with Crippen LogP contribution in [0.5, 0.6) is 0 Å². The van der Waals surface area contributed by atoms with Gasteiger partial charge in [0.1, 0.15) is 0 Å². The Bertz CT molecular complexity index is 1080. The number of ether oxygens (including phenoxy) is 1. The first kappa shape index (κ1) is 26.7. The molecule has 0 heterocycles. The van der Waals surface area contributed by atoms with Gasteiger partial charge in [0, 0.05) is 42.9 Å². The van der Waals surface area contributed by atoms with Crippen molar-refractivity contribution < 1.29 is 17.9 Å². The lowest BCUT2D eigenvalue weighted by Gasteiger charge is -2.43. The third-order valence-electron chi connectivity index (χ3n) is 6.99. The second kappa shape index (κ2) is 11.7. The van der Waals surface area contributed by atoms with Gasteiger partial charge in [0.2, 0.25) is 5.91 Å². The molecule has 0 saturated heterocycles. The summed E-state index contributed by atoms with van der Waals surface area (Å²) in [4.78, 5) is 15.4. The zero-order chi connectivity index (χ0) is 24.8. The van der Waals surface area contributed by atoms with Crippen LogP contribution in [0.4, 0.5) is 0 Å². The van der Waals surface area contributed by atoms with Gasteiger partial charge in [-0.1, -0.05) is 35.9 Å². The molecule has 1 saturated carbocycles. The minimum atomic E-state index is -3.28. The van der Waals surface area contributed by atoms with Crippen molar-refractivity contribution in [3.05, 3.63) is 64.7 Å². The number of nitrogens with zero attached hydrogens (tertiary/aromatic N) is 1. The molecule has 0 aliphatic heterocycles. The highest BCUT2D eigenvalue weighted by Crippen LogP contribution is 2.41. The molecule has 0 spiro atoms. The number of hydrogen-bond acceptors (Lipinski definition) is 5. The molecule has 0 atom stereocenters. The summed E-state index contributed by atoms with van der Waals surface area (Å²) in [5.41, 5.74) is 8.19. The highest BCUT2D eigenvalue weighted by Gasteiger charge is 2.38. The van der Waals surface area contributed by atoms with E-state index in [1.54, 1.807) is 25.3 Å². The van der Waals surface area contributed by atoms with Crippen LogP contribution in [-0.4, -0.2) is 58.3 Å². The molecule has 8 heteroatoms. The molecule has 2 aromatic carbocycles. The van der Waals surface area contributed by atoms with Crippen molar-refractivity contribution in [1.29, 1.82) is 0 Å². The monoisotopic (exact) mass is 506 g/mol. The van der Waals surface area contributed by atoms with Crippen molar-refractivity contribution in [2.45, 2.75) is 54.9 Å². The Morgan fingerprint density at radius 1 is 1.18 bits per heavy atom. The minimum Gasteiger partial charge on any atom is -0.384 e. The lowest BCUT2D eigenvalue weighted by atomic mass is 9.68. The molecule has 34 heavy (non-hydrogen) atoms. The zero-order valence-electron chi connectivity index (χ0n) is 20.0. The average Bonchev–Trinajstić information content (AvgIpc) is 2.83. The van der Waals surface area contributed by atoms with Crippen molar-refractivity contribution in [3.63, 3.8) is 0 Å². The van der Waals surface area contributed by atoms with Gasteiger partial charge in [-0.2, -0.15) is 0 Å². The Morgan fingerprint density at radius 3 is 2.50 bits per heavy atom. The van der Waals surface area contributed by atoms with Crippen LogP contribution >= 0.6 is 11.6 Å². The van der Waals surface area contributed by atoms with Gasteiger partial charge in [-0.3, -0.25) is 4.79 Å². The molecule has 0 aromatic heterocycles. The van der Waals surface area contributed by atoms with Gasteiger partial charge in [-0.25, -0.2) is 8.42 Å². The van der Waals surface area contributed by atoms with Crippen molar-refractivity contribution in [2.24, 2.45) is 5.73 Å². The molecule has 2 aromatic rings. The molecule has 186 valence electrons. The molecule has 1 aliphatic carbocycles. The van der Waals surface area contributed by atoms with Crippen LogP contribution in [0.25, 0.3) is 0 Å². The van der Waals surface area contributed by atoms with E-state index in [0.717, 1.165) is 36.8 Å². The predicted molar refractivity (Wildman–Crippen MR) is 136 cm³/mol. The van der Waals surface area contributed by atoms with Gasteiger partial charge < -0.3 is 15.4 Å².